The van der Waals surface area contributed by atoms with E-state index in [4.69, 9.17) is 9.47 Å². The second-order valence-electron chi connectivity index (χ2n) is 5.67. The van der Waals surface area contributed by atoms with E-state index in [1.807, 2.05) is 6.92 Å². The van der Waals surface area contributed by atoms with Crippen LogP contribution in [0.3, 0.4) is 0 Å². The Labute approximate surface area is 173 Å². The Hall–Kier alpha value is -1.82. The molecule has 0 aliphatic rings. The van der Waals surface area contributed by atoms with Crippen molar-refractivity contribution >= 4 is 41.7 Å². The van der Waals surface area contributed by atoms with E-state index >= 15 is 0 Å². The molecule has 11 heteroatoms. The quantitative estimate of drug-likeness (QED) is 0.556. The SMILES string of the molecule is CCCNS(=O)(=O)c1ccc(NS(=O)(=O)c2cc(OC)c(OC)cc2Br)cc1. The number of halogens is 1. The molecule has 0 aliphatic heterocycles. The van der Waals surface area contributed by atoms with Crippen LogP contribution in [0.5, 0.6) is 11.5 Å². The smallest absolute Gasteiger partial charge is 0.263 e. The van der Waals surface area contributed by atoms with Crippen molar-refractivity contribution < 1.29 is 26.3 Å². The largest absolute Gasteiger partial charge is 0.493 e. The Morgan fingerprint density at radius 2 is 1.50 bits per heavy atom. The first kappa shape index (κ1) is 22.5. The van der Waals surface area contributed by atoms with Gasteiger partial charge in [0.1, 0.15) is 4.90 Å². The van der Waals surface area contributed by atoms with E-state index in [1.54, 1.807) is 0 Å². The van der Waals surface area contributed by atoms with E-state index in [-0.39, 0.29) is 21.2 Å². The molecule has 154 valence electrons. The molecule has 0 unspecified atom stereocenters. The zero-order chi connectivity index (χ0) is 20.9. The van der Waals surface area contributed by atoms with Gasteiger partial charge in [0, 0.05) is 22.8 Å². The maximum atomic E-state index is 12.7. The third kappa shape index (κ3) is 5.16. The second-order valence-corrected chi connectivity index (χ2v) is 9.94. The summed E-state index contributed by atoms with van der Waals surface area (Å²) in [6.45, 7) is 2.18. The number of hydrogen-bond acceptors (Lipinski definition) is 6. The van der Waals surface area contributed by atoms with Crippen molar-refractivity contribution in [2.24, 2.45) is 0 Å². The van der Waals surface area contributed by atoms with Crippen LogP contribution in [-0.2, 0) is 20.0 Å². The fourth-order valence-electron chi connectivity index (χ4n) is 2.27. The molecule has 0 amide bonds. The molecule has 0 aromatic heterocycles. The Kier molecular flexibility index (Phi) is 7.32. The lowest BCUT2D eigenvalue weighted by Gasteiger charge is -2.14. The van der Waals surface area contributed by atoms with Gasteiger partial charge in [0.15, 0.2) is 11.5 Å². The predicted octanol–water partition coefficient (Wildman–Crippen LogP) is 2.96. The molecule has 2 rings (SSSR count). The first-order chi connectivity index (χ1) is 13.1. The van der Waals surface area contributed by atoms with Crippen molar-refractivity contribution in [3.05, 3.63) is 40.9 Å². The Bertz CT molecular complexity index is 1040. The number of ether oxygens (including phenoxy) is 2. The van der Waals surface area contributed by atoms with Crippen molar-refractivity contribution in [3.63, 3.8) is 0 Å². The Balaban J connectivity index is 2.30. The van der Waals surface area contributed by atoms with E-state index in [2.05, 4.69) is 25.4 Å². The van der Waals surface area contributed by atoms with Crippen molar-refractivity contribution in [2.45, 2.75) is 23.1 Å². The van der Waals surface area contributed by atoms with Gasteiger partial charge in [-0.25, -0.2) is 21.6 Å². The summed E-state index contributed by atoms with van der Waals surface area (Å²) in [5.74, 6) is 0.636. The number of rotatable bonds is 9. The lowest BCUT2D eigenvalue weighted by atomic mass is 10.3. The highest BCUT2D eigenvalue weighted by molar-refractivity contribution is 9.10. The number of nitrogens with one attached hydrogen (secondary N) is 2. The number of methoxy groups -OCH3 is 2. The van der Waals surface area contributed by atoms with Crippen LogP contribution in [0.15, 0.2) is 50.7 Å². The van der Waals surface area contributed by atoms with Crippen LogP contribution in [0.25, 0.3) is 0 Å². The van der Waals surface area contributed by atoms with Gasteiger partial charge in [-0.05, 0) is 52.7 Å². The van der Waals surface area contributed by atoms with Crippen molar-refractivity contribution in [3.8, 4) is 11.5 Å². The highest BCUT2D eigenvalue weighted by Crippen LogP contribution is 2.36. The molecule has 2 aromatic carbocycles. The summed E-state index contributed by atoms with van der Waals surface area (Å²) >= 11 is 3.22. The summed E-state index contributed by atoms with van der Waals surface area (Å²) < 4.78 is 65.2. The highest BCUT2D eigenvalue weighted by Gasteiger charge is 2.22. The molecular formula is C17H21BrN2O6S2. The molecule has 0 atom stereocenters. The van der Waals surface area contributed by atoms with Crippen LogP contribution in [0, 0.1) is 0 Å². The van der Waals surface area contributed by atoms with Crippen LogP contribution in [0.2, 0.25) is 0 Å². The Morgan fingerprint density at radius 3 is 2.04 bits per heavy atom. The predicted molar refractivity (Wildman–Crippen MR) is 110 cm³/mol. The number of sulfonamides is 2. The Morgan fingerprint density at radius 1 is 0.929 bits per heavy atom. The summed E-state index contributed by atoms with van der Waals surface area (Å²) in [6.07, 6.45) is 0.664. The van der Waals surface area contributed by atoms with Crippen LogP contribution in [0.1, 0.15) is 13.3 Å². The molecule has 0 fully saturated rings. The van der Waals surface area contributed by atoms with Gasteiger partial charge in [0.25, 0.3) is 10.0 Å². The van der Waals surface area contributed by atoms with Crippen molar-refractivity contribution in [1.82, 2.24) is 4.72 Å². The van der Waals surface area contributed by atoms with E-state index in [0.717, 1.165) is 0 Å². The average molecular weight is 493 g/mol. The average Bonchev–Trinajstić information content (AvgIpc) is 2.66. The zero-order valence-electron chi connectivity index (χ0n) is 15.5. The van der Waals surface area contributed by atoms with Crippen LogP contribution in [0.4, 0.5) is 5.69 Å². The second kappa shape index (κ2) is 9.12. The number of hydrogen-bond donors (Lipinski definition) is 2. The van der Waals surface area contributed by atoms with Crippen LogP contribution in [-0.4, -0.2) is 37.6 Å². The standard InChI is InChI=1S/C17H21BrN2O6S2/c1-4-9-19-27(21,22)13-7-5-12(6-8-13)20-28(23,24)17-11-16(26-3)15(25-2)10-14(17)18/h5-8,10-11,19-20H,4,9H2,1-3H3. The van der Waals surface area contributed by atoms with Gasteiger partial charge in [-0.1, -0.05) is 6.92 Å². The molecule has 0 saturated carbocycles. The third-order valence-electron chi connectivity index (χ3n) is 3.69. The summed E-state index contributed by atoms with van der Waals surface area (Å²) in [4.78, 5) is 0.00246. The van der Waals surface area contributed by atoms with E-state index in [9.17, 15) is 16.8 Å². The third-order valence-corrected chi connectivity index (χ3v) is 7.50. The molecule has 0 radical (unpaired) electrons. The summed E-state index contributed by atoms with van der Waals surface area (Å²) in [6, 6.07) is 8.25. The number of anilines is 1. The monoisotopic (exact) mass is 492 g/mol. The minimum Gasteiger partial charge on any atom is -0.493 e. The van der Waals surface area contributed by atoms with E-state index in [0.29, 0.717) is 23.2 Å². The maximum Gasteiger partial charge on any atom is 0.263 e. The molecule has 0 spiro atoms. The molecule has 2 aromatic rings. The van der Waals surface area contributed by atoms with Crippen LogP contribution >= 0.6 is 15.9 Å². The van der Waals surface area contributed by atoms with Crippen molar-refractivity contribution in [1.29, 1.82) is 0 Å². The van der Waals surface area contributed by atoms with Gasteiger partial charge < -0.3 is 9.47 Å². The molecule has 0 saturated heterocycles. The summed E-state index contributed by atoms with van der Waals surface area (Å²) in [5, 5.41) is 0. The summed E-state index contributed by atoms with van der Waals surface area (Å²) in [7, 11) is -4.73. The number of benzene rings is 2. The van der Waals surface area contributed by atoms with Gasteiger partial charge in [-0.2, -0.15) is 0 Å². The zero-order valence-corrected chi connectivity index (χ0v) is 18.7. The first-order valence-corrected chi connectivity index (χ1v) is 11.9. The maximum absolute atomic E-state index is 12.7. The molecule has 0 heterocycles. The lowest BCUT2D eigenvalue weighted by molar-refractivity contribution is 0.353. The normalized spacial score (nSPS) is 11.9. The van der Waals surface area contributed by atoms with Gasteiger partial charge in [0.05, 0.1) is 19.1 Å². The molecule has 28 heavy (non-hydrogen) atoms. The van der Waals surface area contributed by atoms with Gasteiger partial charge in [-0.15, -0.1) is 0 Å². The molecule has 0 aliphatic carbocycles. The fourth-order valence-corrected chi connectivity index (χ4v) is 5.50. The van der Waals surface area contributed by atoms with Crippen molar-refractivity contribution in [2.75, 3.05) is 25.5 Å². The summed E-state index contributed by atoms with van der Waals surface area (Å²) in [5.41, 5.74) is 0.219. The minimum atomic E-state index is -3.96. The van der Waals surface area contributed by atoms with Gasteiger partial charge in [-0.3, -0.25) is 4.72 Å². The molecular weight excluding hydrogens is 472 g/mol. The molecule has 2 N–H and O–H groups in total. The minimum absolute atomic E-state index is 0.0496. The molecule has 8 nitrogen and oxygen atoms in total. The molecule has 0 bridgehead atoms. The topological polar surface area (TPSA) is 111 Å². The van der Waals surface area contributed by atoms with Gasteiger partial charge in [0.2, 0.25) is 10.0 Å². The lowest BCUT2D eigenvalue weighted by Crippen LogP contribution is -2.24. The van der Waals surface area contributed by atoms with E-state index in [1.165, 1.54) is 50.6 Å². The van der Waals surface area contributed by atoms with Crippen LogP contribution < -0.4 is 18.9 Å². The fraction of sp³-hybridized carbons (Fsp3) is 0.294. The first-order valence-electron chi connectivity index (χ1n) is 8.18. The highest BCUT2D eigenvalue weighted by atomic mass is 79.9. The van der Waals surface area contributed by atoms with E-state index < -0.39 is 20.0 Å². The van der Waals surface area contributed by atoms with Gasteiger partial charge >= 0.3 is 0 Å².